The van der Waals surface area contributed by atoms with Crippen LogP contribution in [0.4, 0.5) is 8.78 Å². The molecule has 2 aromatic rings. The van der Waals surface area contributed by atoms with Crippen molar-refractivity contribution in [1.82, 2.24) is 15.1 Å². The Morgan fingerprint density at radius 3 is 2.44 bits per heavy atom. The van der Waals surface area contributed by atoms with Crippen LogP contribution in [0.3, 0.4) is 0 Å². The van der Waals surface area contributed by atoms with Crippen molar-refractivity contribution in [3.8, 4) is 17.2 Å². The number of halogens is 2. The topological polar surface area (TPSA) is 68.5 Å². The quantitative estimate of drug-likeness (QED) is 0.680. The van der Waals surface area contributed by atoms with Gasteiger partial charge in [0.15, 0.2) is 0 Å². The predicted molar refractivity (Wildman–Crippen MR) is 96.8 cm³/mol. The smallest absolute Gasteiger partial charge is 0.387 e. The molecular formula is C18H21F2N3O3S. The number of aromatic nitrogens is 2. The van der Waals surface area contributed by atoms with E-state index in [-0.39, 0.29) is 23.3 Å². The van der Waals surface area contributed by atoms with Gasteiger partial charge in [-0.3, -0.25) is 4.79 Å². The van der Waals surface area contributed by atoms with Crippen LogP contribution in [-0.4, -0.2) is 46.5 Å². The van der Waals surface area contributed by atoms with Gasteiger partial charge >= 0.3 is 6.61 Å². The molecule has 1 aliphatic heterocycles. The van der Waals surface area contributed by atoms with Gasteiger partial charge < -0.3 is 14.1 Å². The van der Waals surface area contributed by atoms with Gasteiger partial charge in [0.05, 0.1) is 5.75 Å². The van der Waals surface area contributed by atoms with Gasteiger partial charge in [0.2, 0.25) is 11.8 Å². The predicted octanol–water partition coefficient (Wildman–Crippen LogP) is 4.22. The summed E-state index contributed by atoms with van der Waals surface area (Å²) in [5.41, 5.74) is 0.589. The standard InChI is InChI=1S/C18H21F2N3O3S/c19-17(20)25-14-8-6-13(7-9-14)16-21-22-18(26-16)27-12-15(24)23-10-4-2-1-3-5-11-23/h6-9,17H,1-5,10-12H2. The summed E-state index contributed by atoms with van der Waals surface area (Å²) in [7, 11) is 0. The highest BCUT2D eigenvalue weighted by atomic mass is 32.2. The maximum atomic E-state index is 12.4. The molecule has 0 unspecified atom stereocenters. The summed E-state index contributed by atoms with van der Waals surface area (Å²) in [6, 6.07) is 5.93. The molecule has 1 fully saturated rings. The highest BCUT2D eigenvalue weighted by Crippen LogP contribution is 2.25. The first-order valence-electron chi connectivity index (χ1n) is 8.91. The van der Waals surface area contributed by atoms with E-state index in [1.54, 1.807) is 12.1 Å². The number of rotatable bonds is 6. The Morgan fingerprint density at radius 2 is 1.78 bits per heavy atom. The number of ether oxygens (including phenoxy) is 1. The second kappa shape index (κ2) is 9.68. The molecule has 1 aromatic heterocycles. The number of alkyl halides is 2. The largest absolute Gasteiger partial charge is 0.435 e. The van der Waals surface area contributed by atoms with Gasteiger partial charge in [-0.2, -0.15) is 8.78 Å². The molecule has 6 nitrogen and oxygen atoms in total. The van der Waals surface area contributed by atoms with Gasteiger partial charge in [-0.1, -0.05) is 31.0 Å². The molecule has 9 heteroatoms. The summed E-state index contributed by atoms with van der Waals surface area (Å²) >= 11 is 1.21. The Kier molecular flexibility index (Phi) is 7.03. The molecule has 1 saturated heterocycles. The molecule has 0 radical (unpaired) electrons. The van der Waals surface area contributed by atoms with Crippen LogP contribution in [0.15, 0.2) is 33.9 Å². The summed E-state index contributed by atoms with van der Waals surface area (Å²) in [4.78, 5) is 14.3. The van der Waals surface area contributed by atoms with E-state index < -0.39 is 6.61 Å². The molecule has 0 atom stereocenters. The van der Waals surface area contributed by atoms with E-state index in [2.05, 4.69) is 14.9 Å². The molecule has 0 N–H and O–H groups in total. The molecule has 1 amide bonds. The highest BCUT2D eigenvalue weighted by molar-refractivity contribution is 7.99. The fourth-order valence-corrected chi connectivity index (χ4v) is 3.54. The molecule has 1 aromatic carbocycles. The normalized spacial score (nSPS) is 15.4. The third kappa shape index (κ3) is 5.92. The molecule has 0 bridgehead atoms. The van der Waals surface area contributed by atoms with Gasteiger partial charge in [0.1, 0.15) is 5.75 Å². The van der Waals surface area contributed by atoms with Crippen molar-refractivity contribution in [2.75, 3.05) is 18.8 Å². The lowest BCUT2D eigenvalue weighted by Crippen LogP contribution is -2.35. The van der Waals surface area contributed by atoms with Crippen LogP contribution >= 0.6 is 11.8 Å². The first-order chi connectivity index (χ1) is 13.1. The molecule has 27 heavy (non-hydrogen) atoms. The molecular weight excluding hydrogens is 376 g/mol. The van der Waals surface area contributed by atoms with E-state index in [4.69, 9.17) is 4.42 Å². The number of hydrogen-bond donors (Lipinski definition) is 0. The van der Waals surface area contributed by atoms with E-state index in [0.29, 0.717) is 10.8 Å². The van der Waals surface area contributed by atoms with E-state index in [1.165, 1.54) is 43.2 Å². The maximum absolute atomic E-state index is 12.4. The van der Waals surface area contributed by atoms with Crippen molar-refractivity contribution in [2.24, 2.45) is 0 Å². The van der Waals surface area contributed by atoms with Crippen LogP contribution in [0.25, 0.3) is 11.5 Å². The lowest BCUT2D eigenvalue weighted by molar-refractivity contribution is -0.128. The second-order valence-electron chi connectivity index (χ2n) is 6.21. The molecule has 146 valence electrons. The van der Waals surface area contributed by atoms with E-state index >= 15 is 0 Å². The minimum Gasteiger partial charge on any atom is -0.435 e. The Balaban J connectivity index is 1.53. The molecule has 3 rings (SSSR count). The van der Waals surface area contributed by atoms with Crippen molar-refractivity contribution in [3.63, 3.8) is 0 Å². The summed E-state index contributed by atoms with van der Waals surface area (Å²) < 4.78 is 34.2. The van der Waals surface area contributed by atoms with Gasteiger partial charge in [-0.25, -0.2) is 0 Å². The lowest BCUT2D eigenvalue weighted by atomic mass is 10.1. The van der Waals surface area contributed by atoms with Crippen molar-refractivity contribution in [2.45, 2.75) is 43.9 Å². The molecule has 0 spiro atoms. The first-order valence-corrected chi connectivity index (χ1v) is 9.90. The van der Waals surface area contributed by atoms with E-state index in [0.717, 1.165) is 25.9 Å². The van der Waals surface area contributed by atoms with Crippen LogP contribution in [0, 0.1) is 0 Å². The van der Waals surface area contributed by atoms with Gasteiger partial charge in [0, 0.05) is 18.7 Å². The fraction of sp³-hybridized carbons (Fsp3) is 0.500. The maximum Gasteiger partial charge on any atom is 0.387 e. The third-order valence-corrected chi connectivity index (χ3v) is 5.06. The zero-order valence-electron chi connectivity index (χ0n) is 14.8. The van der Waals surface area contributed by atoms with Gasteiger partial charge in [-0.05, 0) is 37.1 Å². The van der Waals surface area contributed by atoms with Crippen molar-refractivity contribution in [1.29, 1.82) is 0 Å². The number of likely N-dealkylation sites (tertiary alicyclic amines) is 1. The Labute approximate surface area is 160 Å². The number of hydrogen-bond acceptors (Lipinski definition) is 6. The Morgan fingerprint density at radius 1 is 1.11 bits per heavy atom. The second-order valence-corrected chi connectivity index (χ2v) is 7.14. The monoisotopic (exact) mass is 397 g/mol. The van der Waals surface area contributed by atoms with E-state index in [9.17, 15) is 13.6 Å². The number of thioether (sulfide) groups is 1. The van der Waals surface area contributed by atoms with Crippen LogP contribution in [-0.2, 0) is 4.79 Å². The minimum atomic E-state index is -2.87. The molecule has 0 saturated carbocycles. The molecule has 2 heterocycles. The fourth-order valence-electron chi connectivity index (χ4n) is 2.88. The summed E-state index contributed by atoms with van der Waals surface area (Å²) in [6.45, 7) is -1.25. The van der Waals surface area contributed by atoms with Gasteiger partial charge in [0.25, 0.3) is 5.22 Å². The number of amides is 1. The van der Waals surface area contributed by atoms with Crippen molar-refractivity contribution < 1.29 is 22.7 Å². The molecule has 0 aliphatic carbocycles. The SMILES string of the molecule is O=C(CSc1nnc(-c2ccc(OC(F)F)cc2)o1)N1CCCCCCC1. The Bertz CT molecular complexity index is 732. The summed E-state index contributed by atoms with van der Waals surface area (Å²) in [6.07, 6.45) is 5.69. The molecule has 1 aliphatic rings. The van der Waals surface area contributed by atoms with Crippen molar-refractivity contribution >= 4 is 17.7 Å². The number of carbonyl (C=O) groups excluding carboxylic acids is 1. The minimum absolute atomic E-state index is 0.0571. The number of carbonyl (C=O) groups is 1. The average Bonchev–Trinajstić information content (AvgIpc) is 3.08. The highest BCUT2D eigenvalue weighted by Gasteiger charge is 2.17. The average molecular weight is 397 g/mol. The zero-order chi connectivity index (χ0) is 19.1. The number of benzene rings is 1. The van der Waals surface area contributed by atoms with E-state index in [1.807, 2.05) is 4.90 Å². The summed E-state index contributed by atoms with van der Waals surface area (Å²) in [5, 5.41) is 8.19. The van der Waals surface area contributed by atoms with Crippen molar-refractivity contribution in [3.05, 3.63) is 24.3 Å². The van der Waals surface area contributed by atoms with Crippen LogP contribution in [0.1, 0.15) is 32.1 Å². The van der Waals surface area contributed by atoms with Crippen LogP contribution < -0.4 is 4.74 Å². The zero-order valence-corrected chi connectivity index (χ0v) is 15.6. The lowest BCUT2D eigenvalue weighted by Gasteiger charge is -2.24. The van der Waals surface area contributed by atoms with Crippen LogP contribution in [0.5, 0.6) is 5.75 Å². The number of nitrogens with zero attached hydrogens (tertiary/aromatic N) is 3. The first kappa shape index (κ1) is 19.6. The Hall–Kier alpha value is -2.16. The third-order valence-electron chi connectivity index (χ3n) is 4.26. The van der Waals surface area contributed by atoms with Crippen LogP contribution in [0.2, 0.25) is 0 Å². The van der Waals surface area contributed by atoms with Gasteiger partial charge in [-0.15, -0.1) is 10.2 Å². The summed E-state index contributed by atoms with van der Waals surface area (Å²) in [5.74, 6) is 0.652.